The zero-order valence-corrected chi connectivity index (χ0v) is 19.6. The van der Waals surface area contributed by atoms with Gasteiger partial charge >= 0.3 is 0 Å². The van der Waals surface area contributed by atoms with Gasteiger partial charge in [0, 0.05) is 68.6 Å². The summed E-state index contributed by atoms with van der Waals surface area (Å²) in [7, 11) is 0. The molecular weight excluding hydrogens is 430 g/mol. The van der Waals surface area contributed by atoms with E-state index in [1.54, 1.807) is 0 Å². The first kappa shape index (κ1) is 23.0. The monoisotopic (exact) mass is 467 g/mol. The van der Waals surface area contributed by atoms with E-state index in [4.69, 9.17) is 37.9 Å². The number of benzene rings is 1. The van der Waals surface area contributed by atoms with Crippen molar-refractivity contribution in [3.8, 4) is 0 Å². The zero-order valence-electron chi connectivity index (χ0n) is 19.6. The highest BCUT2D eigenvalue weighted by atomic mass is 15.4. The van der Waals surface area contributed by atoms with Crippen LogP contribution in [0.3, 0.4) is 0 Å². The number of anilines is 4. The number of piperidine rings is 2. The van der Waals surface area contributed by atoms with Crippen molar-refractivity contribution in [1.29, 1.82) is 0 Å². The molecule has 0 bridgehead atoms. The van der Waals surface area contributed by atoms with Gasteiger partial charge < -0.3 is 43.4 Å². The molecule has 10 N–H and O–H groups in total. The summed E-state index contributed by atoms with van der Waals surface area (Å²) in [6.45, 7) is 3.36. The van der Waals surface area contributed by atoms with Crippen LogP contribution in [0.2, 0.25) is 0 Å². The van der Waals surface area contributed by atoms with E-state index in [2.05, 4.69) is 44.7 Å². The van der Waals surface area contributed by atoms with Gasteiger partial charge in [0.1, 0.15) is 0 Å². The van der Waals surface area contributed by atoms with Crippen molar-refractivity contribution in [2.45, 2.75) is 55.9 Å². The summed E-state index contributed by atoms with van der Waals surface area (Å²) in [5.74, 6) is 1.72. The molecule has 3 aliphatic rings. The van der Waals surface area contributed by atoms with E-state index in [1.807, 2.05) is 0 Å². The van der Waals surface area contributed by atoms with E-state index in [0.717, 1.165) is 25.7 Å². The standard InChI is InChI=1S/C23H37N11/c24-15-7-16(25)11-33(10-15)22-30-21(31-23(32-22)34-12-17(26)8-18(27)13-34)28-9-19-6-5-14-3-1-2-4-20(14)29-19/h1-4,15-19,29H,5-13,24-27H2,(H,28,30,31,32)/t15-,16+,17-,18+,19?. The lowest BCUT2D eigenvalue weighted by molar-refractivity contribution is 0.441. The average Bonchev–Trinajstić information content (AvgIpc) is 2.81. The Labute approximate surface area is 200 Å². The smallest absolute Gasteiger partial charge is 0.232 e. The number of rotatable bonds is 5. The number of fused-ring (bicyclic) bond motifs is 1. The summed E-state index contributed by atoms with van der Waals surface area (Å²) in [5.41, 5.74) is 27.5. The lowest BCUT2D eigenvalue weighted by Gasteiger charge is -2.37. The van der Waals surface area contributed by atoms with Crippen molar-refractivity contribution in [2.75, 3.05) is 53.2 Å². The van der Waals surface area contributed by atoms with Gasteiger partial charge in [-0.1, -0.05) is 18.2 Å². The minimum absolute atomic E-state index is 0.0105. The number of aryl methyl sites for hydroxylation is 1. The van der Waals surface area contributed by atoms with Crippen LogP contribution in [-0.4, -0.2) is 77.9 Å². The number of hydrogen-bond donors (Lipinski definition) is 6. The third kappa shape index (κ3) is 5.33. The number of nitrogens with zero attached hydrogens (tertiary/aromatic N) is 5. The first-order valence-corrected chi connectivity index (χ1v) is 12.3. The largest absolute Gasteiger partial charge is 0.380 e. The molecule has 3 aliphatic heterocycles. The topological polar surface area (TPSA) is 173 Å². The Hall–Kier alpha value is -2.73. The molecule has 2 fully saturated rings. The van der Waals surface area contributed by atoms with Crippen LogP contribution in [0.15, 0.2) is 24.3 Å². The molecule has 0 radical (unpaired) electrons. The quantitative estimate of drug-likeness (QED) is 0.333. The van der Waals surface area contributed by atoms with Gasteiger partial charge in [0.25, 0.3) is 0 Å². The molecule has 1 unspecified atom stereocenters. The molecule has 4 heterocycles. The van der Waals surface area contributed by atoms with Crippen LogP contribution in [-0.2, 0) is 6.42 Å². The highest BCUT2D eigenvalue weighted by Crippen LogP contribution is 2.25. The Balaban J connectivity index is 1.36. The second-order valence-electron chi connectivity index (χ2n) is 10.00. The number of aromatic nitrogens is 3. The molecule has 0 amide bonds. The van der Waals surface area contributed by atoms with Crippen LogP contribution < -0.4 is 43.4 Å². The number of para-hydroxylation sites is 1. The van der Waals surface area contributed by atoms with Crippen LogP contribution in [0.4, 0.5) is 23.5 Å². The van der Waals surface area contributed by atoms with Crippen LogP contribution in [0.5, 0.6) is 0 Å². The molecule has 11 heteroatoms. The number of nitrogens with two attached hydrogens (primary N) is 4. The van der Waals surface area contributed by atoms with Crippen LogP contribution in [0, 0.1) is 0 Å². The third-order valence-corrected chi connectivity index (χ3v) is 6.85. The predicted molar refractivity (Wildman–Crippen MR) is 136 cm³/mol. The van der Waals surface area contributed by atoms with Crippen LogP contribution >= 0.6 is 0 Å². The first-order valence-electron chi connectivity index (χ1n) is 12.3. The highest BCUT2D eigenvalue weighted by Gasteiger charge is 2.29. The normalized spacial score (nSPS) is 29.4. The summed E-state index contributed by atoms with van der Waals surface area (Å²) < 4.78 is 0. The summed E-state index contributed by atoms with van der Waals surface area (Å²) in [5, 5.41) is 7.07. The predicted octanol–water partition coefficient (Wildman–Crippen LogP) is -0.560. The van der Waals surface area contributed by atoms with Crippen LogP contribution in [0.1, 0.15) is 24.8 Å². The van der Waals surface area contributed by atoms with Gasteiger partial charge in [0.15, 0.2) is 0 Å². The van der Waals surface area contributed by atoms with Gasteiger partial charge in [0.2, 0.25) is 17.8 Å². The molecule has 2 aromatic rings. The molecule has 1 aromatic carbocycles. The second kappa shape index (κ2) is 9.87. The Bertz CT molecular complexity index is 921. The minimum atomic E-state index is -0.0105. The van der Waals surface area contributed by atoms with Gasteiger partial charge in [-0.3, -0.25) is 0 Å². The van der Waals surface area contributed by atoms with Crippen molar-refractivity contribution >= 4 is 23.5 Å². The van der Waals surface area contributed by atoms with Gasteiger partial charge in [-0.15, -0.1) is 0 Å². The third-order valence-electron chi connectivity index (χ3n) is 6.85. The lowest BCUT2D eigenvalue weighted by atomic mass is 9.98. The summed E-state index contributed by atoms with van der Waals surface area (Å²) in [4.78, 5) is 18.4. The second-order valence-corrected chi connectivity index (χ2v) is 10.00. The van der Waals surface area contributed by atoms with Gasteiger partial charge in [0.05, 0.1) is 0 Å². The lowest BCUT2D eigenvalue weighted by Crippen LogP contribution is -2.54. The number of nitrogens with one attached hydrogen (secondary N) is 2. The molecule has 2 saturated heterocycles. The maximum atomic E-state index is 6.24. The molecule has 0 spiro atoms. The number of hydrogen-bond acceptors (Lipinski definition) is 11. The average molecular weight is 468 g/mol. The van der Waals surface area contributed by atoms with Crippen molar-refractivity contribution < 1.29 is 0 Å². The molecule has 11 nitrogen and oxygen atoms in total. The van der Waals surface area contributed by atoms with Gasteiger partial charge in [-0.2, -0.15) is 15.0 Å². The highest BCUT2D eigenvalue weighted by molar-refractivity contribution is 5.54. The molecule has 0 saturated carbocycles. The van der Waals surface area contributed by atoms with E-state index in [9.17, 15) is 0 Å². The van der Waals surface area contributed by atoms with Crippen molar-refractivity contribution in [3.63, 3.8) is 0 Å². The SMILES string of the molecule is N[C@@H]1C[C@H](N)CN(c2nc(NCC3CCc4ccccc4N3)nc(N3C[C@H](N)C[C@H](N)C3)n2)C1. The first-order chi connectivity index (χ1) is 16.4. The molecule has 0 aliphatic carbocycles. The fourth-order valence-corrected chi connectivity index (χ4v) is 5.27. The Morgan fingerprint density at radius 2 is 1.38 bits per heavy atom. The summed E-state index contributed by atoms with van der Waals surface area (Å²) in [6, 6.07) is 8.70. The molecule has 34 heavy (non-hydrogen) atoms. The fraction of sp³-hybridized carbons (Fsp3) is 0.609. The van der Waals surface area contributed by atoms with E-state index < -0.39 is 0 Å². The van der Waals surface area contributed by atoms with Crippen molar-refractivity contribution in [3.05, 3.63) is 29.8 Å². The maximum absolute atomic E-state index is 6.24. The zero-order chi connectivity index (χ0) is 23.7. The van der Waals surface area contributed by atoms with Crippen LogP contribution in [0.25, 0.3) is 0 Å². The molecule has 1 aromatic heterocycles. The molecular formula is C23H37N11. The summed E-state index contributed by atoms with van der Waals surface area (Å²) >= 11 is 0. The van der Waals surface area contributed by atoms with E-state index in [-0.39, 0.29) is 30.2 Å². The minimum Gasteiger partial charge on any atom is -0.380 e. The Morgan fingerprint density at radius 3 is 1.97 bits per heavy atom. The Kier molecular flexibility index (Phi) is 6.68. The van der Waals surface area contributed by atoms with Gasteiger partial charge in [-0.05, 0) is 37.3 Å². The van der Waals surface area contributed by atoms with E-state index in [1.165, 1.54) is 11.3 Å². The van der Waals surface area contributed by atoms with E-state index in [0.29, 0.717) is 50.6 Å². The maximum Gasteiger partial charge on any atom is 0.232 e. The molecule has 5 rings (SSSR count). The molecule has 5 atom stereocenters. The summed E-state index contributed by atoms with van der Waals surface area (Å²) in [6.07, 6.45) is 3.69. The fourth-order valence-electron chi connectivity index (χ4n) is 5.27. The van der Waals surface area contributed by atoms with Crippen molar-refractivity contribution in [2.24, 2.45) is 22.9 Å². The van der Waals surface area contributed by atoms with E-state index >= 15 is 0 Å². The van der Waals surface area contributed by atoms with Gasteiger partial charge in [-0.25, -0.2) is 0 Å². The Morgan fingerprint density at radius 1 is 0.824 bits per heavy atom. The van der Waals surface area contributed by atoms with Crippen molar-refractivity contribution in [1.82, 2.24) is 15.0 Å². The molecule has 184 valence electrons.